The molecule has 85 valence electrons. The van der Waals surface area contributed by atoms with Gasteiger partial charge in [-0.05, 0) is 25.7 Å². The predicted molar refractivity (Wildman–Crippen MR) is 36.7 cm³/mol. The average Bonchev–Trinajstić information content (AvgIpc) is 1.62. The molecule has 0 heterocycles. The van der Waals surface area contributed by atoms with Gasteiger partial charge in [0, 0.05) is 20.1 Å². The first-order valence-corrected chi connectivity index (χ1v) is 3.32. The molecule has 0 aromatic heterocycles. The largest absolute Gasteiger partial charge is 1.00 e. The van der Waals surface area contributed by atoms with E-state index >= 15 is 0 Å². The van der Waals surface area contributed by atoms with Crippen LogP contribution in [-0.2, 0) is 20.1 Å². The summed E-state index contributed by atoms with van der Waals surface area (Å²) >= 11 is 0. The van der Waals surface area contributed by atoms with Gasteiger partial charge >= 0.3 is 0 Å². The van der Waals surface area contributed by atoms with Crippen molar-refractivity contribution < 1.29 is 69.7 Å². The molecule has 0 amide bonds. The van der Waals surface area contributed by atoms with Gasteiger partial charge in [0.2, 0.25) is 0 Å². The fourth-order valence-corrected chi connectivity index (χ4v) is 0.874. The number of rotatable bonds is 0. The number of hydrogen-bond acceptors (Lipinski definition) is 0. The van der Waals surface area contributed by atoms with Crippen molar-refractivity contribution in [3.8, 4) is 0 Å². The molecule has 1 aliphatic rings. The molecule has 5 heteroatoms. The SMILES string of the molecule is C1=CCCCCC=C1.[Cl-].[Cl-].[Cl-].[Cl-].[Ir]. The van der Waals surface area contributed by atoms with Gasteiger partial charge in [0.15, 0.2) is 0 Å². The van der Waals surface area contributed by atoms with Crippen molar-refractivity contribution in [3.63, 3.8) is 0 Å². The second-order valence-corrected chi connectivity index (χ2v) is 2.14. The molecule has 13 heavy (non-hydrogen) atoms. The summed E-state index contributed by atoms with van der Waals surface area (Å²) in [6, 6.07) is 0. The van der Waals surface area contributed by atoms with Gasteiger partial charge in [0.1, 0.15) is 0 Å². The van der Waals surface area contributed by atoms with Crippen molar-refractivity contribution in [3.05, 3.63) is 24.3 Å². The van der Waals surface area contributed by atoms with E-state index in [2.05, 4.69) is 24.3 Å². The van der Waals surface area contributed by atoms with E-state index in [0.29, 0.717) is 0 Å². The van der Waals surface area contributed by atoms with E-state index in [-0.39, 0.29) is 69.7 Å². The minimum absolute atomic E-state index is 0. The molecule has 1 radical (unpaired) electrons. The van der Waals surface area contributed by atoms with Crippen molar-refractivity contribution in [1.29, 1.82) is 0 Å². The smallest absolute Gasteiger partial charge is 0 e. The first-order chi connectivity index (χ1) is 4.00. The monoisotopic (exact) mass is 441 g/mol. The molecule has 0 N–H and O–H groups in total. The van der Waals surface area contributed by atoms with Crippen molar-refractivity contribution in [1.82, 2.24) is 0 Å². The van der Waals surface area contributed by atoms with Crippen LogP contribution in [0.1, 0.15) is 25.7 Å². The molecular weight excluding hydrogens is 430 g/mol. The third-order valence-electron chi connectivity index (χ3n) is 1.37. The van der Waals surface area contributed by atoms with Gasteiger partial charge < -0.3 is 49.6 Å². The Morgan fingerprint density at radius 3 is 1.23 bits per heavy atom. The summed E-state index contributed by atoms with van der Waals surface area (Å²) in [5.41, 5.74) is 0. The van der Waals surface area contributed by atoms with E-state index in [4.69, 9.17) is 0 Å². The minimum atomic E-state index is 0. The molecule has 0 saturated carbocycles. The van der Waals surface area contributed by atoms with Crippen molar-refractivity contribution in [2.24, 2.45) is 0 Å². The Kier molecular flexibility index (Phi) is 52.3. The quantitative estimate of drug-likeness (QED) is 0.350. The molecule has 0 fully saturated rings. The molecule has 0 spiro atoms. The third kappa shape index (κ3) is 19.6. The molecule has 0 bridgehead atoms. The Labute approximate surface area is 119 Å². The summed E-state index contributed by atoms with van der Waals surface area (Å²) in [5.74, 6) is 0. The Bertz CT molecular complexity index is 101. The van der Waals surface area contributed by atoms with Crippen LogP contribution in [0.4, 0.5) is 0 Å². The van der Waals surface area contributed by atoms with Crippen molar-refractivity contribution in [2.75, 3.05) is 0 Å². The summed E-state index contributed by atoms with van der Waals surface area (Å²) < 4.78 is 0. The Morgan fingerprint density at radius 1 is 0.615 bits per heavy atom. The number of hydrogen-bond donors (Lipinski definition) is 0. The summed E-state index contributed by atoms with van der Waals surface area (Å²) in [4.78, 5) is 0. The third-order valence-corrected chi connectivity index (χ3v) is 1.37. The van der Waals surface area contributed by atoms with Crippen LogP contribution in [0.3, 0.4) is 0 Å². The zero-order valence-corrected chi connectivity index (χ0v) is 12.4. The zero-order chi connectivity index (χ0) is 5.66. The molecule has 0 unspecified atom stereocenters. The van der Waals surface area contributed by atoms with Gasteiger partial charge in [-0.2, -0.15) is 0 Å². The van der Waals surface area contributed by atoms with Crippen LogP contribution >= 0.6 is 0 Å². The van der Waals surface area contributed by atoms with E-state index in [0.717, 1.165) is 0 Å². The number of allylic oxidation sites excluding steroid dienone is 4. The zero-order valence-electron chi connectivity index (χ0n) is 6.98. The maximum atomic E-state index is 2.23. The van der Waals surface area contributed by atoms with E-state index in [1.54, 1.807) is 0 Å². The van der Waals surface area contributed by atoms with E-state index in [1.165, 1.54) is 25.7 Å². The second-order valence-electron chi connectivity index (χ2n) is 2.14. The van der Waals surface area contributed by atoms with E-state index in [1.807, 2.05) is 0 Å². The molecule has 0 nitrogen and oxygen atoms in total. The first-order valence-electron chi connectivity index (χ1n) is 3.32. The normalized spacial score (nSPS) is 12.3. The summed E-state index contributed by atoms with van der Waals surface area (Å²) in [5, 5.41) is 0. The molecule has 0 aromatic carbocycles. The van der Waals surface area contributed by atoms with E-state index in [9.17, 15) is 0 Å². The topological polar surface area (TPSA) is 0 Å². The van der Waals surface area contributed by atoms with Crippen LogP contribution in [-0.4, -0.2) is 0 Å². The van der Waals surface area contributed by atoms with Crippen LogP contribution in [0.5, 0.6) is 0 Å². The van der Waals surface area contributed by atoms with Crippen LogP contribution in [0.2, 0.25) is 0 Å². The summed E-state index contributed by atoms with van der Waals surface area (Å²) in [6.45, 7) is 0. The molecule has 0 aliphatic heterocycles. The summed E-state index contributed by atoms with van der Waals surface area (Å²) in [6.07, 6.45) is 14.0. The molecule has 0 saturated heterocycles. The van der Waals surface area contributed by atoms with E-state index < -0.39 is 0 Å². The minimum Gasteiger partial charge on any atom is -1.00 e. The van der Waals surface area contributed by atoms with Crippen LogP contribution in [0, 0.1) is 0 Å². The van der Waals surface area contributed by atoms with Gasteiger partial charge in [-0.3, -0.25) is 0 Å². The van der Waals surface area contributed by atoms with Gasteiger partial charge in [0.05, 0.1) is 0 Å². The van der Waals surface area contributed by atoms with Crippen LogP contribution in [0.25, 0.3) is 0 Å². The molecule has 0 aromatic rings. The Morgan fingerprint density at radius 2 is 0.923 bits per heavy atom. The molecular formula is C8H12Cl4Ir-4. The van der Waals surface area contributed by atoms with Gasteiger partial charge in [-0.25, -0.2) is 0 Å². The fourth-order valence-electron chi connectivity index (χ4n) is 0.874. The summed E-state index contributed by atoms with van der Waals surface area (Å²) in [7, 11) is 0. The second kappa shape index (κ2) is 23.3. The molecule has 1 aliphatic carbocycles. The van der Waals surface area contributed by atoms with Gasteiger partial charge in [0.25, 0.3) is 0 Å². The van der Waals surface area contributed by atoms with Crippen molar-refractivity contribution in [2.45, 2.75) is 25.7 Å². The fraction of sp³-hybridized carbons (Fsp3) is 0.500. The van der Waals surface area contributed by atoms with Crippen molar-refractivity contribution >= 4 is 0 Å². The van der Waals surface area contributed by atoms with Gasteiger partial charge in [-0.1, -0.05) is 24.3 Å². The molecule has 1 rings (SSSR count). The maximum absolute atomic E-state index is 2.23. The van der Waals surface area contributed by atoms with Gasteiger partial charge in [-0.15, -0.1) is 0 Å². The van der Waals surface area contributed by atoms with Crippen LogP contribution < -0.4 is 49.6 Å². The predicted octanol–water partition coefficient (Wildman–Crippen LogP) is -9.31. The first kappa shape index (κ1) is 29.2. The number of halogens is 4. The maximum Gasteiger partial charge on any atom is 0 e. The molecule has 0 atom stereocenters. The Hall–Kier alpha value is 1.29. The standard InChI is InChI=1S/C8H12.4ClH.Ir/c1-2-4-6-8-7-5-3-1;;;;;/h1-4H,5-8H2;4*1H;/p-4. The van der Waals surface area contributed by atoms with Crippen LogP contribution in [0.15, 0.2) is 24.3 Å². The Balaban J connectivity index is -0.0000000427. The average molecular weight is 442 g/mol.